The summed E-state index contributed by atoms with van der Waals surface area (Å²) in [4.78, 5) is 11.8. The third kappa shape index (κ3) is 22.4. The first-order chi connectivity index (χ1) is 15.0. The van der Waals surface area contributed by atoms with Crippen molar-refractivity contribution >= 4 is 5.91 Å². The first-order valence-corrected chi connectivity index (χ1v) is 12.2. The minimum absolute atomic E-state index is 0.159. The smallest absolute Gasteiger partial charge is 0.220 e. The summed E-state index contributed by atoms with van der Waals surface area (Å²) in [7, 11) is 0. The summed E-state index contributed by atoms with van der Waals surface area (Å²) in [5, 5.41) is 3.03. The lowest BCUT2D eigenvalue weighted by Gasteiger charge is -2.22. The topological polar surface area (TPSA) is 29.1 Å². The third-order valence-electron chi connectivity index (χ3n) is 5.22. The van der Waals surface area contributed by atoms with Gasteiger partial charge in [0.2, 0.25) is 5.91 Å². The Kier molecular flexibility index (Phi) is 19.7. The lowest BCUT2D eigenvalue weighted by Crippen LogP contribution is -2.27. The normalized spacial score (nSPS) is 13.3. The molecule has 0 spiro atoms. The summed E-state index contributed by atoms with van der Waals surface area (Å²) in [5.74, 6) is 0.159. The van der Waals surface area contributed by atoms with Crippen LogP contribution in [0.5, 0.6) is 0 Å². The van der Waals surface area contributed by atoms with Crippen LogP contribution >= 0.6 is 0 Å². The number of nitrogens with one attached hydrogen (secondary N) is 1. The van der Waals surface area contributed by atoms with Crippen LogP contribution in [0.3, 0.4) is 0 Å². The first kappa shape index (κ1) is 28.9. The van der Waals surface area contributed by atoms with Crippen LogP contribution in [-0.4, -0.2) is 12.5 Å². The molecule has 0 aliphatic rings. The molecule has 0 aliphatic heterocycles. The standard InChI is InChI=1S/C29H47NO/c1-5-7-8-9-10-11-12-13-14-15-16-17-18-19-20-21-22-23-24-25-28(31)30-27-26-29(3,4)6-2/h7-8,10-11,13-14,16-17,19-20,22-23H,5-6,9,12,15,18,21,24-27H2,1-4H3,(H,30,31)/b8-7-,11-10-,14-13-,17-16-,20-19-,23-22-. The highest BCUT2D eigenvalue weighted by Crippen LogP contribution is 2.23. The predicted molar refractivity (Wildman–Crippen MR) is 139 cm³/mol. The number of allylic oxidation sites excluding steroid dienone is 12. The Morgan fingerprint density at radius 3 is 1.52 bits per heavy atom. The van der Waals surface area contributed by atoms with Gasteiger partial charge in [0, 0.05) is 13.0 Å². The van der Waals surface area contributed by atoms with Crippen molar-refractivity contribution in [2.45, 2.75) is 91.9 Å². The average molecular weight is 426 g/mol. The zero-order valence-corrected chi connectivity index (χ0v) is 20.6. The van der Waals surface area contributed by atoms with Crippen molar-refractivity contribution in [1.29, 1.82) is 0 Å². The fraction of sp³-hybridized carbons (Fsp3) is 0.552. The van der Waals surface area contributed by atoms with Crippen LogP contribution in [0.4, 0.5) is 0 Å². The molecule has 1 N–H and O–H groups in total. The predicted octanol–water partition coefficient (Wildman–Crippen LogP) is 8.41. The second kappa shape index (κ2) is 21.2. The fourth-order valence-corrected chi connectivity index (χ4v) is 2.66. The van der Waals surface area contributed by atoms with Gasteiger partial charge in [-0.2, -0.15) is 0 Å². The number of rotatable bonds is 18. The molecule has 2 heteroatoms. The molecule has 0 rings (SSSR count). The Hall–Kier alpha value is -2.09. The van der Waals surface area contributed by atoms with Crippen molar-refractivity contribution in [3.05, 3.63) is 72.9 Å². The molecule has 0 saturated carbocycles. The van der Waals surface area contributed by atoms with Gasteiger partial charge in [-0.1, -0.05) is 107 Å². The molecule has 174 valence electrons. The Morgan fingerprint density at radius 1 is 0.677 bits per heavy atom. The molecule has 0 unspecified atom stereocenters. The van der Waals surface area contributed by atoms with Gasteiger partial charge in [-0.05, 0) is 56.8 Å². The molecule has 0 aliphatic carbocycles. The molecule has 0 aromatic heterocycles. The van der Waals surface area contributed by atoms with E-state index in [1.54, 1.807) is 0 Å². The summed E-state index contributed by atoms with van der Waals surface area (Å²) < 4.78 is 0. The summed E-state index contributed by atoms with van der Waals surface area (Å²) in [6, 6.07) is 0. The van der Waals surface area contributed by atoms with Crippen LogP contribution in [0.2, 0.25) is 0 Å². The maximum Gasteiger partial charge on any atom is 0.220 e. The molecular weight excluding hydrogens is 378 g/mol. The number of hydrogen-bond acceptors (Lipinski definition) is 1. The Morgan fingerprint density at radius 2 is 1.10 bits per heavy atom. The van der Waals surface area contributed by atoms with Crippen molar-refractivity contribution < 1.29 is 4.79 Å². The highest BCUT2D eigenvalue weighted by Gasteiger charge is 2.14. The van der Waals surface area contributed by atoms with E-state index >= 15 is 0 Å². The molecule has 0 saturated heterocycles. The molecule has 1 amide bonds. The highest BCUT2D eigenvalue weighted by atomic mass is 16.1. The van der Waals surface area contributed by atoms with Crippen molar-refractivity contribution in [1.82, 2.24) is 5.32 Å². The largest absolute Gasteiger partial charge is 0.356 e. The molecule has 0 bridgehead atoms. The van der Waals surface area contributed by atoms with Crippen molar-refractivity contribution in [3.63, 3.8) is 0 Å². The number of carbonyl (C=O) groups excluding carboxylic acids is 1. The lowest BCUT2D eigenvalue weighted by molar-refractivity contribution is -0.121. The van der Waals surface area contributed by atoms with Crippen molar-refractivity contribution in [3.8, 4) is 0 Å². The van der Waals surface area contributed by atoms with Gasteiger partial charge in [-0.3, -0.25) is 4.79 Å². The number of carbonyl (C=O) groups is 1. The second-order valence-corrected chi connectivity index (χ2v) is 8.57. The molecule has 0 aromatic carbocycles. The maximum atomic E-state index is 11.8. The molecule has 0 fully saturated rings. The van der Waals surface area contributed by atoms with Crippen LogP contribution in [0, 0.1) is 5.41 Å². The van der Waals surface area contributed by atoms with Gasteiger partial charge in [0.1, 0.15) is 0 Å². The van der Waals surface area contributed by atoms with Gasteiger partial charge in [0.25, 0.3) is 0 Å². The summed E-state index contributed by atoms with van der Waals surface area (Å²) >= 11 is 0. The molecule has 0 aromatic rings. The summed E-state index contributed by atoms with van der Waals surface area (Å²) in [5.41, 5.74) is 0.314. The molecular formula is C29H47NO. The van der Waals surface area contributed by atoms with Gasteiger partial charge in [-0.25, -0.2) is 0 Å². The lowest BCUT2D eigenvalue weighted by atomic mass is 9.86. The van der Waals surface area contributed by atoms with Crippen LogP contribution in [0.15, 0.2) is 72.9 Å². The number of amides is 1. The average Bonchev–Trinajstić information content (AvgIpc) is 2.75. The van der Waals surface area contributed by atoms with Gasteiger partial charge in [0.15, 0.2) is 0 Å². The minimum atomic E-state index is 0.159. The maximum absolute atomic E-state index is 11.8. The van der Waals surface area contributed by atoms with E-state index in [4.69, 9.17) is 0 Å². The van der Waals surface area contributed by atoms with Crippen molar-refractivity contribution in [2.75, 3.05) is 6.54 Å². The fourth-order valence-electron chi connectivity index (χ4n) is 2.66. The van der Waals surface area contributed by atoms with Gasteiger partial charge < -0.3 is 5.32 Å². The van der Waals surface area contributed by atoms with E-state index in [1.807, 2.05) is 0 Å². The Bertz CT molecular complexity index is 602. The second-order valence-electron chi connectivity index (χ2n) is 8.57. The van der Waals surface area contributed by atoms with E-state index in [9.17, 15) is 4.79 Å². The zero-order chi connectivity index (χ0) is 23.0. The molecule has 0 heterocycles. The third-order valence-corrected chi connectivity index (χ3v) is 5.22. The quantitative estimate of drug-likeness (QED) is 0.219. The van der Waals surface area contributed by atoms with E-state index in [-0.39, 0.29) is 5.91 Å². The van der Waals surface area contributed by atoms with Gasteiger partial charge in [0.05, 0.1) is 0 Å². The molecule has 31 heavy (non-hydrogen) atoms. The van der Waals surface area contributed by atoms with Crippen LogP contribution in [-0.2, 0) is 4.79 Å². The van der Waals surface area contributed by atoms with Crippen LogP contribution in [0.25, 0.3) is 0 Å². The van der Waals surface area contributed by atoms with Gasteiger partial charge >= 0.3 is 0 Å². The van der Waals surface area contributed by atoms with E-state index in [1.165, 1.54) is 0 Å². The van der Waals surface area contributed by atoms with E-state index in [0.717, 1.165) is 64.3 Å². The van der Waals surface area contributed by atoms with E-state index < -0.39 is 0 Å². The Labute approximate surface area is 193 Å². The Balaban J connectivity index is 3.63. The molecule has 2 nitrogen and oxygen atoms in total. The number of hydrogen-bond donors (Lipinski definition) is 1. The van der Waals surface area contributed by atoms with Crippen LogP contribution in [0.1, 0.15) is 91.9 Å². The SMILES string of the molecule is CC/C=C\C/C=C\C/C=C\C/C=C\C/C=C\C/C=C\CCC(=O)NCCC(C)(C)CC. The van der Waals surface area contributed by atoms with E-state index in [2.05, 4.69) is 106 Å². The molecule has 0 radical (unpaired) electrons. The van der Waals surface area contributed by atoms with Crippen LogP contribution < -0.4 is 5.32 Å². The first-order valence-electron chi connectivity index (χ1n) is 12.2. The summed E-state index contributed by atoms with van der Waals surface area (Å²) in [6.07, 6.45) is 36.0. The highest BCUT2D eigenvalue weighted by molar-refractivity contribution is 5.75. The summed E-state index contributed by atoms with van der Waals surface area (Å²) in [6.45, 7) is 9.63. The minimum Gasteiger partial charge on any atom is -0.356 e. The molecule has 0 atom stereocenters. The monoisotopic (exact) mass is 425 g/mol. The van der Waals surface area contributed by atoms with Gasteiger partial charge in [-0.15, -0.1) is 0 Å². The van der Waals surface area contributed by atoms with Crippen molar-refractivity contribution in [2.24, 2.45) is 5.41 Å². The van der Waals surface area contributed by atoms with E-state index in [0.29, 0.717) is 11.8 Å². The zero-order valence-electron chi connectivity index (χ0n) is 20.6.